The predicted molar refractivity (Wildman–Crippen MR) is 116 cm³/mol. The molecule has 1 aromatic carbocycles. The van der Waals surface area contributed by atoms with E-state index >= 15 is 0 Å². The van der Waals surface area contributed by atoms with Gasteiger partial charge in [0.1, 0.15) is 5.82 Å². The molecular formula is C24H31N3O3. The van der Waals surface area contributed by atoms with Crippen LogP contribution in [0, 0.1) is 6.92 Å². The maximum absolute atomic E-state index is 12.9. The fourth-order valence-electron chi connectivity index (χ4n) is 5.43. The number of aromatic nitrogens is 2. The minimum absolute atomic E-state index is 0.0304. The lowest BCUT2D eigenvalue weighted by Crippen LogP contribution is -2.47. The lowest BCUT2D eigenvalue weighted by molar-refractivity contribution is 0.0660. The van der Waals surface area contributed by atoms with Crippen molar-refractivity contribution in [1.82, 2.24) is 14.5 Å². The summed E-state index contributed by atoms with van der Waals surface area (Å²) in [7, 11) is 1.71. The Kier molecular flexibility index (Phi) is 5.20. The van der Waals surface area contributed by atoms with Crippen LogP contribution in [0.1, 0.15) is 72.5 Å². The molecule has 160 valence electrons. The number of aryl methyl sites for hydroxylation is 1. The summed E-state index contributed by atoms with van der Waals surface area (Å²) in [5, 5.41) is 10.4. The summed E-state index contributed by atoms with van der Waals surface area (Å²) >= 11 is 0. The lowest BCUT2D eigenvalue weighted by Gasteiger charge is -2.37. The minimum Gasteiger partial charge on any atom is -0.501 e. The molecule has 0 spiro atoms. The Balaban J connectivity index is 1.87. The third kappa shape index (κ3) is 3.13. The number of fused-ring (bicyclic) bond motifs is 1. The first-order chi connectivity index (χ1) is 14.3. The molecule has 6 nitrogen and oxygen atoms in total. The predicted octanol–water partition coefficient (Wildman–Crippen LogP) is 3.35. The second kappa shape index (κ2) is 7.56. The van der Waals surface area contributed by atoms with Crippen LogP contribution in [-0.2, 0) is 24.8 Å². The minimum atomic E-state index is -0.709. The molecule has 0 unspecified atom stereocenters. The average molecular weight is 410 g/mol. The Morgan fingerprint density at radius 1 is 1.23 bits per heavy atom. The zero-order chi connectivity index (χ0) is 21.6. The van der Waals surface area contributed by atoms with Crippen LogP contribution in [0.5, 0.6) is 5.75 Å². The van der Waals surface area contributed by atoms with Crippen molar-refractivity contribution in [2.45, 2.75) is 77.3 Å². The molecule has 2 heterocycles. The van der Waals surface area contributed by atoms with Gasteiger partial charge in [0.2, 0.25) is 5.75 Å². The monoisotopic (exact) mass is 409 g/mol. The zero-order valence-corrected chi connectivity index (χ0v) is 18.4. The first-order valence-electron chi connectivity index (χ1n) is 11.0. The Labute approximate surface area is 177 Å². The van der Waals surface area contributed by atoms with Crippen LogP contribution in [0.3, 0.4) is 0 Å². The van der Waals surface area contributed by atoms with Crippen LogP contribution in [-0.4, -0.2) is 38.6 Å². The topological polar surface area (TPSA) is 75.4 Å². The average Bonchev–Trinajstić information content (AvgIpc) is 3.19. The Hall–Kier alpha value is -2.63. The summed E-state index contributed by atoms with van der Waals surface area (Å²) in [6.45, 7) is 6.87. The SMILES string of the molecule is CCc1cccc(C2(Cc3nc(=O)c(O)c4n3C[C@H](C)N(C)C4=O)CCCC2)c1C. The van der Waals surface area contributed by atoms with Crippen molar-refractivity contribution in [2.75, 3.05) is 7.05 Å². The second-order valence-corrected chi connectivity index (χ2v) is 9.01. The van der Waals surface area contributed by atoms with Gasteiger partial charge in [0.05, 0.1) is 0 Å². The van der Waals surface area contributed by atoms with Gasteiger partial charge >= 0.3 is 5.56 Å². The van der Waals surface area contributed by atoms with E-state index in [1.165, 1.54) is 16.7 Å². The van der Waals surface area contributed by atoms with Crippen LogP contribution in [0.2, 0.25) is 0 Å². The number of amides is 1. The van der Waals surface area contributed by atoms with E-state index in [1.54, 1.807) is 16.5 Å². The standard InChI is InChI=1S/C24H31N3O3/c1-5-17-9-8-10-18(16(17)3)24(11-6-7-12-24)13-19-25-22(29)21(28)20-23(30)26(4)15(2)14-27(19)20/h8-10,15,28H,5-7,11-14H2,1-4H3/t15-/m0/s1. The first kappa shape index (κ1) is 20.6. The zero-order valence-electron chi connectivity index (χ0n) is 18.4. The third-order valence-corrected chi connectivity index (χ3v) is 7.33. The summed E-state index contributed by atoms with van der Waals surface area (Å²) in [5.41, 5.74) is 3.29. The molecule has 30 heavy (non-hydrogen) atoms. The maximum Gasteiger partial charge on any atom is 0.315 e. The van der Waals surface area contributed by atoms with E-state index < -0.39 is 11.3 Å². The largest absolute Gasteiger partial charge is 0.501 e. The number of hydrogen-bond donors (Lipinski definition) is 1. The summed E-state index contributed by atoms with van der Waals surface area (Å²) in [4.78, 5) is 31.2. The summed E-state index contributed by atoms with van der Waals surface area (Å²) in [5.74, 6) is -0.243. The number of carbonyl (C=O) groups excluding carboxylic acids is 1. The van der Waals surface area contributed by atoms with Crippen LogP contribution < -0.4 is 5.56 Å². The van der Waals surface area contributed by atoms with Crippen LogP contribution in [0.25, 0.3) is 0 Å². The molecule has 2 aliphatic rings. The van der Waals surface area contributed by atoms with Crippen molar-refractivity contribution in [1.29, 1.82) is 0 Å². The Morgan fingerprint density at radius 2 is 1.93 bits per heavy atom. The molecule has 2 aromatic rings. The number of hydrogen-bond acceptors (Lipinski definition) is 4. The van der Waals surface area contributed by atoms with Crippen molar-refractivity contribution in [2.24, 2.45) is 0 Å². The normalized spacial score (nSPS) is 20.5. The van der Waals surface area contributed by atoms with Gasteiger partial charge in [-0.15, -0.1) is 0 Å². The van der Waals surface area contributed by atoms with E-state index in [-0.39, 0.29) is 23.1 Å². The van der Waals surface area contributed by atoms with E-state index in [9.17, 15) is 14.7 Å². The number of nitrogens with zero attached hydrogens (tertiary/aromatic N) is 3. The second-order valence-electron chi connectivity index (χ2n) is 9.01. The molecule has 1 aromatic heterocycles. The summed E-state index contributed by atoms with van der Waals surface area (Å²) in [6, 6.07) is 6.50. The van der Waals surface area contributed by atoms with E-state index in [0.29, 0.717) is 18.8 Å². The summed E-state index contributed by atoms with van der Waals surface area (Å²) < 4.78 is 1.79. The van der Waals surface area contributed by atoms with Gasteiger partial charge in [-0.05, 0) is 49.8 Å². The highest BCUT2D eigenvalue weighted by Gasteiger charge is 2.40. The van der Waals surface area contributed by atoms with Crippen LogP contribution in [0.4, 0.5) is 0 Å². The van der Waals surface area contributed by atoms with Crippen molar-refractivity contribution in [3.05, 3.63) is 56.8 Å². The smallest absolute Gasteiger partial charge is 0.315 e. The first-order valence-corrected chi connectivity index (χ1v) is 11.0. The van der Waals surface area contributed by atoms with E-state index in [4.69, 9.17) is 0 Å². The number of rotatable bonds is 4. The van der Waals surface area contributed by atoms with E-state index in [2.05, 4.69) is 37.0 Å². The fourth-order valence-corrected chi connectivity index (χ4v) is 5.43. The van der Waals surface area contributed by atoms with Crippen molar-refractivity contribution < 1.29 is 9.90 Å². The number of aromatic hydroxyl groups is 1. The van der Waals surface area contributed by atoms with Crippen molar-refractivity contribution >= 4 is 5.91 Å². The quantitative estimate of drug-likeness (QED) is 0.840. The van der Waals surface area contributed by atoms with Gasteiger partial charge in [-0.25, -0.2) is 0 Å². The van der Waals surface area contributed by atoms with Gasteiger partial charge in [0.15, 0.2) is 5.69 Å². The lowest BCUT2D eigenvalue weighted by atomic mass is 9.73. The van der Waals surface area contributed by atoms with Crippen LogP contribution in [0.15, 0.2) is 23.0 Å². The van der Waals surface area contributed by atoms with Gasteiger partial charge in [0.25, 0.3) is 5.91 Å². The molecule has 1 aliphatic heterocycles. The summed E-state index contributed by atoms with van der Waals surface area (Å²) in [6.07, 6.45) is 5.95. The molecule has 1 N–H and O–H groups in total. The molecule has 0 radical (unpaired) electrons. The van der Waals surface area contributed by atoms with Crippen LogP contribution >= 0.6 is 0 Å². The molecule has 1 aliphatic carbocycles. The van der Waals surface area contributed by atoms with Gasteiger partial charge in [-0.1, -0.05) is 38.0 Å². The molecule has 0 bridgehead atoms. The Morgan fingerprint density at radius 3 is 2.60 bits per heavy atom. The molecule has 1 amide bonds. The molecular weight excluding hydrogens is 378 g/mol. The number of likely N-dealkylation sites (N-methyl/N-ethyl adjacent to an activating group) is 1. The molecule has 4 rings (SSSR count). The van der Waals surface area contributed by atoms with Gasteiger partial charge < -0.3 is 14.6 Å². The number of carbonyl (C=O) groups is 1. The van der Waals surface area contributed by atoms with Gasteiger partial charge in [-0.2, -0.15) is 4.98 Å². The fraction of sp³-hybridized carbons (Fsp3) is 0.542. The maximum atomic E-state index is 12.9. The van der Waals surface area contributed by atoms with Gasteiger partial charge in [-0.3, -0.25) is 9.59 Å². The third-order valence-electron chi connectivity index (χ3n) is 7.33. The molecule has 1 fully saturated rings. The van der Waals surface area contributed by atoms with Crippen molar-refractivity contribution in [3.8, 4) is 5.75 Å². The van der Waals surface area contributed by atoms with E-state index in [0.717, 1.165) is 32.1 Å². The highest BCUT2D eigenvalue weighted by Crippen LogP contribution is 2.45. The molecule has 6 heteroatoms. The molecule has 1 atom stereocenters. The molecule has 0 saturated heterocycles. The van der Waals surface area contributed by atoms with Gasteiger partial charge in [0, 0.05) is 31.5 Å². The Bertz CT molecular complexity index is 1050. The van der Waals surface area contributed by atoms with E-state index in [1.807, 2.05) is 6.92 Å². The highest BCUT2D eigenvalue weighted by molar-refractivity contribution is 5.95. The number of benzene rings is 1. The highest BCUT2D eigenvalue weighted by atomic mass is 16.3. The molecule has 1 saturated carbocycles. The van der Waals surface area contributed by atoms with Crippen molar-refractivity contribution in [3.63, 3.8) is 0 Å².